The molecule has 0 unspecified atom stereocenters. The first-order valence-corrected chi connectivity index (χ1v) is 10.9. The second-order valence-corrected chi connectivity index (χ2v) is 8.30. The predicted molar refractivity (Wildman–Crippen MR) is 105 cm³/mol. The largest absolute Gasteiger partial charge is 0.376 e. The van der Waals surface area contributed by atoms with Gasteiger partial charge in [0.25, 0.3) is 0 Å². The summed E-state index contributed by atoms with van der Waals surface area (Å²) in [4.78, 5) is 16.1. The van der Waals surface area contributed by atoms with Gasteiger partial charge in [0.15, 0.2) is 0 Å². The number of aromatic nitrogens is 4. The highest BCUT2D eigenvalue weighted by molar-refractivity contribution is 7.99. The Hall–Kier alpha value is -1.97. The Balaban J connectivity index is 1.21. The molecule has 0 bridgehead atoms. The van der Waals surface area contributed by atoms with Crippen LogP contribution in [0.25, 0.3) is 0 Å². The normalized spacial score (nSPS) is 20.6. The van der Waals surface area contributed by atoms with Crippen LogP contribution in [0.2, 0.25) is 0 Å². The fourth-order valence-electron chi connectivity index (χ4n) is 3.75. The van der Waals surface area contributed by atoms with E-state index >= 15 is 0 Å². The first-order chi connectivity index (χ1) is 13.8. The smallest absolute Gasteiger partial charge is 0.233 e. The maximum Gasteiger partial charge on any atom is 0.233 e. The molecule has 28 heavy (non-hydrogen) atoms. The second-order valence-electron chi connectivity index (χ2n) is 7.36. The number of thioether (sulfide) groups is 1. The average Bonchev–Trinajstić information content (AvgIpc) is 3.40. The van der Waals surface area contributed by atoms with Crippen LogP contribution in [0.3, 0.4) is 0 Å². The number of carbonyl (C=O) groups is 1. The van der Waals surface area contributed by atoms with Crippen molar-refractivity contribution in [2.75, 3.05) is 38.5 Å². The fourth-order valence-corrected chi connectivity index (χ4v) is 4.54. The number of tetrazole rings is 1. The van der Waals surface area contributed by atoms with Gasteiger partial charge in [0.2, 0.25) is 11.1 Å². The quantitative estimate of drug-likeness (QED) is 0.649. The SMILES string of the molecule is O=C(CSc1nnnn1C[C@H]1CCCO1)N1CC[NH+](Cc2ccccc2)CC1. The van der Waals surface area contributed by atoms with E-state index < -0.39 is 0 Å². The number of benzene rings is 1. The lowest BCUT2D eigenvalue weighted by atomic mass is 10.2. The molecule has 0 saturated carbocycles. The van der Waals surface area contributed by atoms with Crippen LogP contribution in [0.4, 0.5) is 0 Å². The molecule has 2 aliphatic heterocycles. The molecule has 150 valence electrons. The standard InChI is InChI=1S/C19H26N6O2S/c26-18(15-28-19-20-21-22-25(19)14-17-7-4-12-27-17)24-10-8-23(9-11-24)13-16-5-2-1-3-6-16/h1-3,5-6,17H,4,7-15H2/p+1/t17-/m1/s1. The number of amides is 1. The Morgan fingerprint density at radius 1 is 1.25 bits per heavy atom. The van der Waals surface area contributed by atoms with Crippen molar-refractivity contribution in [1.82, 2.24) is 25.1 Å². The van der Waals surface area contributed by atoms with Gasteiger partial charge in [-0.2, -0.15) is 0 Å². The van der Waals surface area contributed by atoms with E-state index in [1.54, 1.807) is 4.68 Å². The molecule has 1 N–H and O–H groups in total. The van der Waals surface area contributed by atoms with Gasteiger partial charge in [0.1, 0.15) is 6.54 Å². The third-order valence-electron chi connectivity index (χ3n) is 5.34. The number of nitrogens with zero attached hydrogens (tertiary/aromatic N) is 5. The highest BCUT2D eigenvalue weighted by atomic mass is 32.2. The highest BCUT2D eigenvalue weighted by Gasteiger charge is 2.25. The molecule has 1 amide bonds. The van der Waals surface area contributed by atoms with Crippen molar-refractivity contribution in [2.45, 2.75) is 37.2 Å². The maximum atomic E-state index is 12.6. The van der Waals surface area contributed by atoms with Crippen molar-refractivity contribution in [1.29, 1.82) is 0 Å². The van der Waals surface area contributed by atoms with Crippen molar-refractivity contribution in [2.24, 2.45) is 0 Å². The number of rotatable bonds is 7. The van der Waals surface area contributed by atoms with Crippen LogP contribution in [-0.4, -0.2) is 75.7 Å². The van der Waals surface area contributed by atoms with Crippen LogP contribution in [0.5, 0.6) is 0 Å². The lowest BCUT2D eigenvalue weighted by Gasteiger charge is -2.32. The topological polar surface area (TPSA) is 77.6 Å². The number of nitrogens with one attached hydrogen (secondary N) is 1. The summed E-state index contributed by atoms with van der Waals surface area (Å²) < 4.78 is 7.41. The third kappa shape index (κ3) is 5.09. The van der Waals surface area contributed by atoms with Gasteiger partial charge >= 0.3 is 0 Å². The second kappa shape index (κ2) is 9.49. The first-order valence-electron chi connectivity index (χ1n) is 9.94. The van der Waals surface area contributed by atoms with Crippen molar-refractivity contribution in [3.63, 3.8) is 0 Å². The third-order valence-corrected chi connectivity index (χ3v) is 6.29. The van der Waals surface area contributed by atoms with E-state index in [4.69, 9.17) is 4.74 Å². The van der Waals surface area contributed by atoms with E-state index in [1.165, 1.54) is 22.2 Å². The van der Waals surface area contributed by atoms with E-state index in [9.17, 15) is 4.79 Å². The van der Waals surface area contributed by atoms with Crippen LogP contribution < -0.4 is 4.90 Å². The summed E-state index contributed by atoms with van der Waals surface area (Å²) in [6.45, 7) is 6.08. The van der Waals surface area contributed by atoms with Gasteiger partial charge in [0.05, 0.1) is 44.6 Å². The van der Waals surface area contributed by atoms with Crippen molar-refractivity contribution < 1.29 is 14.4 Å². The van der Waals surface area contributed by atoms with Gasteiger partial charge in [-0.1, -0.05) is 42.1 Å². The molecule has 1 aromatic heterocycles. The first kappa shape index (κ1) is 19.4. The lowest BCUT2D eigenvalue weighted by molar-refractivity contribution is -0.917. The van der Waals surface area contributed by atoms with E-state index in [2.05, 4.69) is 39.8 Å². The van der Waals surface area contributed by atoms with Gasteiger partial charge < -0.3 is 14.5 Å². The van der Waals surface area contributed by atoms with Gasteiger partial charge in [-0.05, 0) is 23.3 Å². The average molecular weight is 404 g/mol. The van der Waals surface area contributed by atoms with E-state index in [0.29, 0.717) is 17.5 Å². The zero-order chi connectivity index (χ0) is 19.2. The summed E-state index contributed by atoms with van der Waals surface area (Å²) in [6.07, 6.45) is 2.31. The Labute approximate surface area is 169 Å². The zero-order valence-corrected chi connectivity index (χ0v) is 16.8. The molecule has 0 aliphatic carbocycles. The molecule has 2 fully saturated rings. The molecule has 0 spiro atoms. The number of piperazine rings is 1. The predicted octanol–water partition coefficient (Wildman–Crippen LogP) is -0.128. The number of hydrogen-bond donors (Lipinski definition) is 1. The molecule has 2 aliphatic rings. The molecule has 9 heteroatoms. The number of carbonyl (C=O) groups excluding carboxylic acids is 1. The van der Waals surface area contributed by atoms with Gasteiger partial charge in [-0.15, -0.1) is 5.10 Å². The van der Waals surface area contributed by atoms with Crippen molar-refractivity contribution >= 4 is 17.7 Å². The van der Waals surface area contributed by atoms with Crippen molar-refractivity contribution in [3.8, 4) is 0 Å². The van der Waals surface area contributed by atoms with Crippen LogP contribution in [0, 0.1) is 0 Å². The van der Waals surface area contributed by atoms with E-state index in [0.717, 1.165) is 52.2 Å². The summed E-state index contributed by atoms with van der Waals surface area (Å²) in [7, 11) is 0. The number of ether oxygens (including phenoxy) is 1. The molecule has 2 saturated heterocycles. The molecule has 3 heterocycles. The van der Waals surface area contributed by atoms with Gasteiger partial charge in [0, 0.05) is 12.2 Å². The number of hydrogen-bond acceptors (Lipinski definition) is 6. The summed E-state index contributed by atoms with van der Waals surface area (Å²) in [5, 5.41) is 12.6. The lowest BCUT2D eigenvalue weighted by Crippen LogP contribution is -3.13. The van der Waals surface area contributed by atoms with Gasteiger partial charge in [-0.25, -0.2) is 4.68 Å². The summed E-state index contributed by atoms with van der Waals surface area (Å²) in [6, 6.07) is 10.5. The molecule has 8 nitrogen and oxygen atoms in total. The number of quaternary nitrogens is 1. The zero-order valence-electron chi connectivity index (χ0n) is 16.0. The summed E-state index contributed by atoms with van der Waals surface area (Å²) >= 11 is 1.42. The minimum Gasteiger partial charge on any atom is -0.376 e. The molecule has 1 aromatic carbocycles. The fraction of sp³-hybridized carbons (Fsp3) is 0.579. The molecule has 0 radical (unpaired) electrons. The van der Waals surface area contributed by atoms with E-state index in [-0.39, 0.29) is 12.0 Å². The molecular weight excluding hydrogens is 376 g/mol. The van der Waals surface area contributed by atoms with E-state index in [1.807, 2.05) is 11.0 Å². The molecule has 4 rings (SSSR count). The molecular formula is C19H27N6O2S+. The Morgan fingerprint density at radius 3 is 2.82 bits per heavy atom. The minimum atomic E-state index is 0.162. The van der Waals surface area contributed by atoms with Crippen LogP contribution in [-0.2, 0) is 22.6 Å². The minimum absolute atomic E-state index is 0.162. The van der Waals surface area contributed by atoms with Gasteiger partial charge in [-0.3, -0.25) is 4.79 Å². The summed E-state index contributed by atoms with van der Waals surface area (Å²) in [5.74, 6) is 0.537. The Kier molecular flexibility index (Phi) is 6.56. The molecule has 1 atom stereocenters. The summed E-state index contributed by atoms with van der Waals surface area (Å²) in [5.41, 5.74) is 1.35. The molecule has 2 aromatic rings. The van der Waals surface area contributed by atoms with Crippen LogP contribution in [0.1, 0.15) is 18.4 Å². The Bertz CT molecular complexity index is 757. The van der Waals surface area contributed by atoms with Crippen molar-refractivity contribution in [3.05, 3.63) is 35.9 Å². The Morgan fingerprint density at radius 2 is 2.07 bits per heavy atom. The monoisotopic (exact) mass is 403 g/mol. The highest BCUT2D eigenvalue weighted by Crippen LogP contribution is 2.18. The van der Waals surface area contributed by atoms with Crippen LogP contribution in [0.15, 0.2) is 35.5 Å². The van der Waals surface area contributed by atoms with Crippen LogP contribution >= 0.6 is 11.8 Å². The maximum absolute atomic E-state index is 12.6.